The number of aromatic nitrogens is 8. The smallest absolute Gasteiger partial charge is 0.433 e. The van der Waals surface area contributed by atoms with Gasteiger partial charge in [0.05, 0.1) is 34.6 Å². The Balaban J connectivity index is 1.54. The first kappa shape index (κ1) is 31.3. The molecule has 12 nitrogen and oxygen atoms in total. The van der Waals surface area contributed by atoms with Gasteiger partial charge in [0.1, 0.15) is 17.6 Å². The summed E-state index contributed by atoms with van der Waals surface area (Å²) in [4.78, 5) is 15.9. The summed E-state index contributed by atoms with van der Waals surface area (Å²) >= 11 is 6.05. The molecular weight excluding hydrogens is 622 g/mol. The molecule has 0 radical (unpaired) electrons. The Hall–Kier alpha value is -5.12. The van der Waals surface area contributed by atoms with E-state index in [0.29, 0.717) is 10.3 Å². The van der Waals surface area contributed by atoms with Gasteiger partial charge < -0.3 is 15.3 Å². The molecule has 0 aliphatic carbocycles. The van der Waals surface area contributed by atoms with Crippen LogP contribution in [0.4, 0.5) is 22.4 Å². The van der Waals surface area contributed by atoms with Gasteiger partial charge in [0.2, 0.25) is 5.69 Å². The SMILES string of the molecule is CC(C)(C)OC(=O)NCC(c1ccc(-c2c(-n3cnnn3)ccc(Cl)c2F)c[n+]1[O-])n1cc(-c2ccnc(C(F)(F)F)c2)cn1. The number of alkyl halides is 3. The first-order valence-corrected chi connectivity index (χ1v) is 13.6. The van der Waals surface area contributed by atoms with Gasteiger partial charge in [0, 0.05) is 24.0 Å². The van der Waals surface area contributed by atoms with Gasteiger partial charge >= 0.3 is 12.3 Å². The van der Waals surface area contributed by atoms with Crippen molar-refractivity contribution in [2.24, 2.45) is 0 Å². The molecule has 1 N–H and O–H groups in total. The quantitative estimate of drug-likeness (QED) is 0.146. The molecule has 0 fully saturated rings. The molecule has 5 rings (SSSR count). The molecule has 0 spiro atoms. The topological polar surface area (TPSA) is 140 Å². The van der Waals surface area contributed by atoms with Gasteiger partial charge in [0.15, 0.2) is 18.1 Å². The third kappa shape index (κ3) is 7.01. The van der Waals surface area contributed by atoms with Crippen LogP contribution in [0.25, 0.3) is 27.9 Å². The predicted molar refractivity (Wildman–Crippen MR) is 151 cm³/mol. The number of rotatable bonds is 7. The normalized spacial score (nSPS) is 12.6. The molecule has 0 aliphatic heterocycles. The van der Waals surface area contributed by atoms with E-state index in [4.69, 9.17) is 16.3 Å². The van der Waals surface area contributed by atoms with Crippen LogP contribution in [0.2, 0.25) is 5.02 Å². The van der Waals surface area contributed by atoms with Crippen LogP contribution in [0, 0.1) is 11.0 Å². The highest BCUT2D eigenvalue weighted by Gasteiger charge is 2.33. The second kappa shape index (κ2) is 12.1. The summed E-state index contributed by atoms with van der Waals surface area (Å²) in [6.45, 7) is 4.83. The highest BCUT2D eigenvalue weighted by atomic mass is 35.5. The number of nitrogens with zero attached hydrogens (tertiary/aromatic N) is 8. The number of alkyl carbamates (subject to hydrolysis) is 1. The Kier molecular flexibility index (Phi) is 8.42. The molecule has 1 amide bonds. The van der Waals surface area contributed by atoms with Gasteiger partial charge in [-0.25, -0.2) is 9.18 Å². The standard InChI is InChI=1S/C28H24ClF4N9O3/c1-27(2,3)45-26(43)35-12-22(40-13-18(11-37-40)16-8-9-34-23(10-16)28(31,32)33)20-6-4-17(14-42(20)44)24-21(41-15-36-38-39-41)7-5-19(29)25(24)30/h4-11,13-15,22H,12H2,1-3H3,(H,35,43). The molecular formula is C28H24ClF4N9O3. The lowest BCUT2D eigenvalue weighted by molar-refractivity contribution is -0.615. The Morgan fingerprint density at radius 1 is 1.13 bits per heavy atom. The number of carbonyl (C=O) groups is 1. The fourth-order valence-electron chi connectivity index (χ4n) is 4.43. The number of hydrogen-bond donors (Lipinski definition) is 1. The summed E-state index contributed by atoms with van der Waals surface area (Å²) in [5.74, 6) is -0.812. The molecule has 1 atom stereocenters. The molecule has 0 saturated carbocycles. The van der Waals surface area contributed by atoms with Gasteiger partial charge in [0.25, 0.3) is 0 Å². The highest BCUT2D eigenvalue weighted by molar-refractivity contribution is 6.31. The number of nitrogens with one attached hydrogen (secondary N) is 1. The third-order valence-electron chi connectivity index (χ3n) is 6.39. The van der Waals surface area contributed by atoms with Crippen molar-refractivity contribution in [2.45, 2.75) is 38.6 Å². The minimum absolute atomic E-state index is 0.0473. The zero-order valence-electron chi connectivity index (χ0n) is 23.8. The van der Waals surface area contributed by atoms with Crippen LogP contribution < -0.4 is 10.0 Å². The van der Waals surface area contributed by atoms with Crippen LogP contribution in [-0.2, 0) is 10.9 Å². The van der Waals surface area contributed by atoms with E-state index in [1.807, 2.05) is 0 Å². The average molecular weight is 646 g/mol. The largest absolute Gasteiger partial charge is 0.618 e. The summed E-state index contributed by atoms with van der Waals surface area (Å²) in [6, 6.07) is 6.96. The fraction of sp³-hybridized carbons (Fsp3) is 0.250. The average Bonchev–Trinajstić information content (AvgIpc) is 3.67. The van der Waals surface area contributed by atoms with E-state index < -0.39 is 35.4 Å². The molecule has 1 aromatic carbocycles. The molecule has 1 unspecified atom stereocenters. The van der Waals surface area contributed by atoms with Gasteiger partial charge in [-0.15, -0.1) is 5.10 Å². The van der Waals surface area contributed by atoms with Crippen LogP contribution >= 0.6 is 11.6 Å². The molecule has 234 valence electrons. The van der Waals surface area contributed by atoms with E-state index in [1.54, 1.807) is 20.8 Å². The molecule has 0 bridgehead atoms. The Morgan fingerprint density at radius 2 is 1.91 bits per heavy atom. The van der Waals surface area contributed by atoms with Gasteiger partial charge in [-0.3, -0.25) is 9.67 Å². The number of pyridine rings is 2. The van der Waals surface area contributed by atoms with Crippen LogP contribution in [0.1, 0.15) is 38.2 Å². The van der Waals surface area contributed by atoms with Crippen molar-refractivity contribution in [3.05, 3.63) is 94.9 Å². The van der Waals surface area contributed by atoms with Crippen molar-refractivity contribution >= 4 is 17.7 Å². The summed E-state index contributed by atoms with van der Waals surface area (Å²) in [5, 5.41) is 31.1. The van der Waals surface area contributed by atoms with E-state index in [-0.39, 0.29) is 39.6 Å². The van der Waals surface area contributed by atoms with Crippen molar-refractivity contribution in [3.8, 4) is 27.9 Å². The minimum atomic E-state index is -4.66. The summed E-state index contributed by atoms with van der Waals surface area (Å²) in [7, 11) is 0. The Morgan fingerprint density at radius 3 is 2.58 bits per heavy atom. The number of halogens is 5. The molecule has 0 aliphatic rings. The Labute approximate surface area is 257 Å². The van der Waals surface area contributed by atoms with Gasteiger partial charge in [-0.05, 0) is 67.1 Å². The summed E-state index contributed by atoms with van der Waals surface area (Å²) < 4.78 is 63.4. The number of amides is 1. The van der Waals surface area contributed by atoms with Crippen LogP contribution in [0.3, 0.4) is 0 Å². The number of hydrogen-bond acceptors (Lipinski definition) is 8. The molecule has 4 heterocycles. The Bertz CT molecular complexity index is 1840. The van der Waals surface area contributed by atoms with E-state index in [2.05, 4.69) is 30.9 Å². The lowest BCUT2D eigenvalue weighted by Crippen LogP contribution is -2.41. The third-order valence-corrected chi connectivity index (χ3v) is 6.68. The van der Waals surface area contributed by atoms with Crippen LogP contribution in [-0.4, -0.2) is 53.2 Å². The number of benzene rings is 1. The van der Waals surface area contributed by atoms with Crippen molar-refractivity contribution in [1.29, 1.82) is 0 Å². The summed E-state index contributed by atoms with van der Waals surface area (Å²) in [6.07, 6.45) is 0.705. The van der Waals surface area contributed by atoms with E-state index in [9.17, 15) is 23.2 Å². The molecule has 17 heteroatoms. The van der Waals surface area contributed by atoms with E-state index in [0.717, 1.165) is 18.5 Å². The van der Waals surface area contributed by atoms with E-state index >= 15 is 4.39 Å². The maximum Gasteiger partial charge on any atom is 0.433 e. The van der Waals surface area contributed by atoms with Gasteiger partial charge in [-0.2, -0.15) is 27.7 Å². The maximum atomic E-state index is 15.3. The van der Waals surface area contributed by atoms with E-state index in [1.165, 1.54) is 58.4 Å². The van der Waals surface area contributed by atoms with Crippen molar-refractivity contribution in [3.63, 3.8) is 0 Å². The maximum absolute atomic E-state index is 15.3. The van der Waals surface area contributed by atoms with Crippen molar-refractivity contribution in [2.75, 3.05) is 6.54 Å². The zero-order valence-corrected chi connectivity index (χ0v) is 24.6. The minimum Gasteiger partial charge on any atom is -0.618 e. The lowest BCUT2D eigenvalue weighted by Gasteiger charge is -2.22. The van der Waals surface area contributed by atoms with Crippen molar-refractivity contribution < 1.29 is 31.8 Å². The first-order valence-electron chi connectivity index (χ1n) is 13.2. The van der Waals surface area contributed by atoms with Crippen LogP contribution in [0.15, 0.2) is 67.5 Å². The van der Waals surface area contributed by atoms with Gasteiger partial charge in [-0.1, -0.05) is 11.6 Å². The number of tetrazole rings is 1. The highest BCUT2D eigenvalue weighted by Crippen LogP contribution is 2.34. The lowest BCUT2D eigenvalue weighted by atomic mass is 10.0. The van der Waals surface area contributed by atoms with Crippen molar-refractivity contribution in [1.82, 2.24) is 40.3 Å². The molecule has 45 heavy (non-hydrogen) atoms. The zero-order chi connectivity index (χ0) is 32.5. The molecule has 0 saturated heterocycles. The van der Waals surface area contributed by atoms with Crippen LogP contribution in [0.5, 0.6) is 0 Å². The second-order valence-electron chi connectivity index (χ2n) is 10.7. The molecule has 4 aromatic heterocycles. The fourth-order valence-corrected chi connectivity index (χ4v) is 4.58. The molecule has 5 aromatic rings. The summed E-state index contributed by atoms with van der Waals surface area (Å²) in [5.41, 5.74) is -1.06. The predicted octanol–water partition coefficient (Wildman–Crippen LogP) is 5.15. The second-order valence-corrected chi connectivity index (χ2v) is 11.1. The monoisotopic (exact) mass is 645 g/mol. The number of carbonyl (C=O) groups excluding carboxylic acids is 1. The first-order chi connectivity index (χ1) is 21.2. The number of ether oxygens (including phenoxy) is 1.